The summed E-state index contributed by atoms with van der Waals surface area (Å²) in [6.45, 7) is 3.45. The quantitative estimate of drug-likeness (QED) is 0.648. The maximum absolute atomic E-state index is 11.5. The molecule has 0 aliphatic rings. The first-order valence-electron chi connectivity index (χ1n) is 5.29. The lowest BCUT2D eigenvalue weighted by molar-refractivity contribution is 0.555. The monoisotopic (exact) mass is 254 g/mol. The minimum atomic E-state index is -3.14. The van der Waals surface area contributed by atoms with Gasteiger partial charge in [-0.25, -0.2) is 8.42 Å². The maximum atomic E-state index is 11.5. The summed E-state index contributed by atoms with van der Waals surface area (Å²) >= 11 is 0. The smallest absolute Gasteiger partial charge is 0.154 e. The number of hydrogen-bond donors (Lipinski definition) is 1. The second kappa shape index (κ2) is 4.87. The van der Waals surface area contributed by atoms with Gasteiger partial charge in [0, 0.05) is 11.8 Å². The molecule has 0 amide bonds. The number of rotatable bonds is 4. The lowest BCUT2D eigenvalue weighted by Gasteiger charge is -2.19. The number of sulfone groups is 1. The molecule has 1 aromatic carbocycles. The molecule has 0 aliphatic carbocycles. The molecule has 4 nitrogen and oxygen atoms in total. The van der Waals surface area contributed by atoms with Crippen LogP contribution in [0.25, 0.3) is 0 Å². The molecule has 0 fully saturated rings. The molecule has 0 saturated carbocycles. The van der Waals surface area contributed by atoms with Gasteiger partial charge in [0.25, 0.3) is 0 Å². The van der Waals surface area contributed by atoms with Crippen LogP contribution >= 0.6 is 0 Å². The van der Waals surface area contributed by atoms with E-state index in [-0.39, 0.29) is 6.54 Å². The van der Waals surface area contributed by atoms with Crippen molar-refractivity contribution in [2.45, 2.75) is 18.6 Å². The van der Waals surface area contributed by atoms with E-state index in [0.717, 1.165) is 5.56 Å². The fourth-order valence-corrected chi connectivity index (χ4v) is 1.39. The van der Waals surface area contributed by atoms with Crippen molar-refractivity contribution >= 4 is 15.7 Å². The molecule has 1 rings (SSSR count). The van der Waals surface area contributed by atoms with E-state index in [1.165, 1.54) is 6.26 Å². The number of benzene rings is 1. The SMILES string of the molecule is CC(C)(CN=C(N)c1ccccc1)S(C)(=O)=O. The Labute approximate surface area is 102 Å². The number of nitrogens with two attached hydrogens (primary N) is 1. The summed E-state index contributed by atoms with van der Waals surface area (Å²) in [6, 6.07) is 9.29. The second-order valence-electron chi connectivity index (χ2n) is 4.60. The van der Waals surface area contributed by atoms with Crippen LogP contribution < -0.4 is 5.73 Å². The Morgan fingerprint density at radius 2 is 1.82 bits per heavy atom. The molecule has 0 bridgehead atoms. The van der Waals surface area contributed by atoms with Crippen LogP contribution in [0.1, 0.15) is 19.4 Å². The zero-order valence-electron chi connectivity index (χ0n) is 10.3. The van der Waals surface area contributed by atoms with E-state index in [1.54, 1.807) is 13.8 Å². The fraction of sp³-hybridized carbons (Fsp3) is 0.417. The van der Waals surface area contributed by atoms with Crippen molar-refractivity contribution in [3.63, 3.8) is 0 Å². The molecule has 0 saturated heterocycles. The standard InChI is InChI=1S/C12H18N2O2S/c1-12(2,17(3,15)16)9-14-11(13)10-7-5-4-6-8-10/h4-8H,9H2,1-3H3,(H2,13,14). The van der Waals surface area contributed by atoms with Crippen LogP contribution in [0.4, 0.5) is 0 Å². The van der Waals surface area contributed by atoms with Crippen molar-refractivity contribution in [3.05, 3.63) is 35.9 Å². The maximum Gasteiger partial charge on any atom is 0.154 e. The first-order valence-corrected chi connectivity index (χ1v) is 7.18. The summed E-state index contributed by atoms with van der Waals surface area (Å²) in [4.78, 5) is 4.15. The molecule has 17 heavy (non-hydrogen) atoms. The van der Waals surface area contributed by atoms with Gasteiger partial charge in [-0.15, -0.1) is 0 Å². The summed E-state index contributed by atoms with van der Waals surface area (Å²) in [5, 5.41) is 0. The molecule has 94 valence electrons. The number of hydrogen-bond acceptors (Lipinski definition) is 3. The minimum Gasteiger partial charge on any atom is -0.384 e. The van der Waals surface area contributed by atoms with Crippen LogP contribution in [0.15, 0.2) is 35.3 Å². The van der Waals surface area contributed by atoms with Crippen molar-refractivity contribution in [2.75, 3.05) is 12.8 Å². The van der Waals surface area contributed by atoms with Crippen LogP contribution in [-0.4, -0.2) is 31.8 Å². The van der Waals surface area contributed by atoms with Crippen LogP contribution in [0.2, 0.25) is 0 Å². The second-order valence-corrected chi connectivity index (χ2v) is 7.25. The Bertz CT molecular complexity index is 505. The van der Waals surface area contributed by atoms with Crippen molar-refractivity contribution in [2.24, 2.45) is 10.7 Å². The lowest BCUT2D eigenvalue weighted by atomic mass is 10.2. The molecule has 5 heteroatoms. The third kappa shape index (κ3) is 3.56. The van der Waals surface area contributed by atoms with Gasteiger partial charge in [-0.05, 0) is 13.8 Å². The van der Waals surface area contributed by atoms with Gasteiger partial charge < -0.3 is 5.73 Å². The van der Waals surface area contributed by atoms with Gasteiger partial charge in [-0.2, -0.15) is 0 Å². The molecule has 0 radical (unpaired) electrons. The Morgan fingerprint density at radius 3 is 2.29 bits per heavy atom. The van der Waals surface area contributed by atoms with E-state index in [0.29, 0.717) is 5.84 Å². The van der Waals surface area contributed by atoms with Crippen LogP contribution in [0.5, 0.6) is 0 Å². The highest BCUT2D eigenvalue weighted by molar-refractivity contribution is 7.92. The van der Waals surface area contributed by atoms with E-state index in [2.05, 4.69) is 4.99 Å². The Hall–Kier alpha value is -1.36. The largest absolute Gasteiger partial charge is 0.384 e. The summed E-state index contributed by atoms with van der Waals surface area (Å²) in [7, 11) is -3.14. The fourth-order valence-electron chi connectivity index (χ4n) is 1.09. The van der Waals surface area contributed by atoms with Crippen molar-refractivity contribution < 1.29 is 8.42 Å². The Balaban J connectivity index is 2.86. The van der Waals surface area contributed by atoms with Crippen molar-refractivity contribution in [1.29, 1.82) is 0 Å². The summed E-state index contributed by atoms with van der Waals surface area (Å²) < 4.78 is 22.1. The highest BCUT2D eigenvalue weighted by atomic mass is 32.2. The van der Waals surface area contributed by atoms with Gasteiger partial charge in [0.05, 0.1) is 11.3 Å². The molecular formula is C12H18N2O2S. The number of nitrogens with zero attached hydrogens (tertiary/aromatic N) is 1. The first-order chi connectivity index (χ1) is 7.74. The summed E-state index contributed by atoms with van der Waals surface area (Å²) in [6.07, 6.45) is 1.21. The Kier molecular flexibility index (Phi) is 3.93. The molecule has 0 unspecified atom stereocenters. The minimum absolute atomic E-state index is 0.159. The third-order valence-electron chi connectivity index (χ3n) is 2.70. The predicted molar refractivity (Wildman–Crippen MR) is 71.0 cm³/mol. The van der Waals surface area contributed by atoms with Gasteiger partial charge in [0.2, 0.25) is 0 Å². The lowest BCUT2D eigenvalue weighted by Crippen LogP contribution is -2.35. The number of amidine groups is 1. The van der Waals surface area contributed by atoms with Crippen LogP contribution in [0.3, 0.4) is 0 Å². The highest BCUT2D eigenvalue weighted by Crippen LogP contribution is 2.15. The number of aliphatic imine (C=N–C) groups is 1. The zero-order valence-corrected chi connectivity index (χ0v) is 11.2. The molecule has 1 aromatic rings. The van der Waals surface area contributed by atoms with Crippen molar-refractivity contribution in [1.82, 2.24) is 0 Å². The van der Waals surface area contributed by atoms with Gasteiger partial charge >= 0.3 is 0 Å². The van der Waals surface area contributed by atoms with Crippen LogP contribution in [-0.2, 0) is 9.84 Å². The highest BCUT2D eigenvalue weighted by Gasteiger charge is 2.29. The van der Waals surface area contributed by atoms with E-state index < -0.39 is 14.6 Å². The molecule has 0 atom stereocenters. The van der Waals surface area contributed by atoms with Crippen LogP contribution in [0, 0.1) is 0 Å². The van der Waals surface area contributed by atoms with Crippen molar-refractivity contribution in [3.8, 4) is 0 Å². The summed E-state index contributed by atoms with van der Waals surface area (Å²) in [5.74, 6) is 0.363. The average molecular weight is 254 g/mol. The first kappa shape index (κ1) is 13.7. The normalized spacial score (nSPS) is 13.7. The van der Waals surface area contributed by atoms with Gasteiger partial charge in [-0.1, -0.05) is 30.3 Å². The summed E-state index contributed by atoms with van der Waals surface area (Å²) in [5.41, 5.74) is 6.60. The van der Waals surface area contributed by atoms with E-state index in [9.17, 15) is 8.42 Å². The van der Waals surface area contributed by atoms with E-state index in [4.69, 9.17) is 5.73 Å². The zero-order chi connectivity index (χ0) is 13.1. The average Bonchev–Trinajstić information content (AvgIpc) is 2.25. The van der Waals surface area contributed by atoms with E-state index >= 15 is 0 Å². The molecule has 0 spiro atoms. The topological polar surface area (TPSA) is 72.5 Å². The van der Waals surface area contributed by atoms with Gasteiger partial charge in [-0.3, -0.25) is 4.99 Å². The van der Waals surface area contributed by atoms with E-state index in [1.807, 2.05) is 30.3 Å². The molecule has 0 aromatic heterocycles. The molecule has 0 heterocycles. The molecular weight excluding hydrogens is 236 g/mol. The van der Waals surface area contributed by atoms with Gasteiger partial charge in [0.15, 0.2) is 9.84 Å². The predicted octanol–water partition coefficient (Wildman–Crippen LogP) is 1.22. The molecule has 0 aliphatic heterocycles. The third-order valence-corrected chi connectivity index (χ3v) is 4.84. The Morgan fingerprint density at radius 1 is 1.29 bits per heavy atom. The van der Waals surface area contributed by atoms with Gasteiger partial charge in [0.1, 0.15) is 5.84 Å². The molecule has 2 N–H and O–H groups in total.